The lowest BCUT2D eigenvalue weighted by Gasteiger charge is -2.17. The molecule has 0 bridgehead atoms. The van der Waals surface area contributed by atoms with Crippen LogP contribution in [0.4, 0.5) is 5.69 Å². The molecule has 0 radical (unpaired) electrons. The number of ether oxygens (including phenoxy) is 2. The third-order valence-electron chi connectivity index (χ3n) is 3.05. The molecule has 0 saturated carbocycles. The van der Waals surface area contributed by atoms with Gasteiger partial charge < -0.3 is 14.8 Å². The maximum absolute atomic E-state index is 10.9. The van der Waals surface area contributed by atoms with E-state index in [1.165, 1.54) is 6.07 Å². The average molecular weight is 296 g/mol. The molecule has 1 aromatic rings. The first-order chi connectivity index (χ1) is 10.1. The van der Waals surface area contributed by atoms with Crippen LogP contribution in [0.5, 0.6) is 5.75 Å². The summed E-state index contributed by atoms with van der Waals surface area (Å²) in [6.07, 6.45) is 1.78. The smallest absolute Gasteiger partial charge is 0.270 e. The molecule has 0 fully saturated rings. The average Bonchev–Trinajstić information content (AvgIpc) is 2.46. The second-order valence-electron chi connectivity index (χ2n) is 4.94. The van der Waals surface area contributed by atoms with E-state index in [1.54, 1.807) is 19.2 Å². The number of non-ortho nitro benzene ring substituents is 1. The van der Waals surface area contributed by atoms with Crippen molar-refractivity contribution in [1.82, 2.24) is 5.32 Å². The molecule has 21 heavy (non-hydrogen) atoms. The van der Waals surface area contributed by atoms with Crippen molar-refractivity contribution >= 4 is 5.69 Å². The Bertz CT molecular complexity index is 451. The summed E-state index contributed by atoms with van der Waals surface area (Å²) in [6, 6.07) is 4.72. The van der Waals surface area contributed by atoms with E-state index in [0.717, 1.165) is 24.9 Å². The van der Waals surface area contributed by atoms with E-state index in [9.17, 15) is 10.1 Å². The van der Waals surface area contributed by atoms with Crippen LogP contribution in [0.25, 0.3) is 0 Å². The Balaban J connectivity index is 2.81. The van der Waals surface area contributed by atoms with Gasteiger partial charge >= 0.3 is 0 Å². The Morgan fingerprint density at radius 3 is 2.81 bits per heavy atom. The molecular formula is C15H24N2O4. The van der Waals surface area contributed by atoms with Crippen molar-refractivity contribution in [2.24, 2.45) is 0 Å². The molecule has 0 amide bonds. The fourth-order valence-electron chi connectivity index (χ4n) is 1.89. The number of nitro benzene ring substituents is 1. The summed E-state index contributed by atoms with van der Waals surface area (Å²) < 4.78 is 10.9. The first kappa shape index (κ1) is 17.4. The van der Waals surface area contributed by atoms with Crippen molar-refractivity contribution in [3.8, 4) is 5.75 Å². The molecule has 118 valence electrons. The number of methoxy groups -OCH3 is 1. The molecule has 0 aliphatic heterocycles. The highest BCUT2D eigenvalue weighted by Gasteiger charge is 2.13. The van der Waals surface area contributed by atoms with E-state index < -0.39 is 0 Å². The van der Waals surface area contributed by atoms with Crippen LogP contribution >= 0.6 is 0 Å². The zero-order chi connectivity index (χ0) is 15.7. The predicted molar refractivity (Wildman–Crippen MR) is 81.7 cm³/mol. The number of nitrogens with one attached hydrogen (secondary N) is 1. The highest BCUT2D eigenvalue weighted by molar-refractivity contribution is 5.43. The molecule has 1 N–H and O–H groups in total. The van der Waals surface area contributed by atoms with E-state index in [4.69, 9.17) is 9.47 Å². The van der Waals surface area contributed by atoms with Crippen LogP contribution in [-0.4, -0.2) is 31.3 Å². The SMILES string of the molecule is CCCNCc1cc([N+](=O)[O-])ccc1OC(C)CCOC. The number of benzene rings is 1. The molecular weight excluding hydrogens is 272 g/mol. The Labute approximate surface area is 125 Å². The van der Waals surface area contributed by atoms with Gasteiger partial charge in [0.2, 0.25) is 0 Å². The molecule has 0 heterocycles. The fourth-order valence-corrected chi connectivity index (χ4v) is 1.89. The number of hydrogen-bond acceptors (Lipinski definition) is 5. The third kappa shape index (κ3) is 6.10. The van der Waals surface area contributed by atoms with Crippen LogP contribution in [0.15, 0.2) is 18.2 Å². The second kappa shape index (κ2) is 9.31. The minimum atomic E-state index is -0.387. The summed E-state index contributed by atoms with van der Waals surface area (Å²) in [5.41, 5.74) is 0.891. The minimum absolute atomic E-state index is 0.00340. The van der Waals surface area contributed by atoms with Crippen LogP contribution in [0.1, 0.15) is 32.3 Å². The van der Waals surface area contributed by atoms with Gasteiger partial charge in [-0.1, -0.05) is 6.92 Å². The van der Waals surface area contributed by atoms with E-state index in [2.05, 4.69) is 12.2 Å². The number of nitro groups is 1. The monoisotopic (exact) mass is 296 g/mol. The minimum Gasteiger partial charge on any atom is -0.490 e. The van der Waals surface area contributed by atoms with Crippen molar-refractivity contribution < 1.29 is 14.4 Å². The number of nitrogens with zero attached hydrogens (tertiary/aromatic N) is 1. The van der Waals surface area contributed by atoms with Crippen LogP contribution in [0.3, 0.4) is 0 Å². The van der Waals surface area contributed by atoms with Crippen LogP contribution in [0.2, 0.25) is 0 Å². The molecule has 0 saturated heterocycles. The van der Waals surface area contributed by atoms with Crippen LogP contribution < -0.4 is 10.1 Å². The Hall–Kier alpha value is -1.66. The first-order valence-electron chi connectivity index (χ1n) is 7.22. The second-order valence-corrected chi connectivity index (χ2v) is 4.94. The van der Waals surface area contributed by atoms with Crippen LogP contribution in [-0.2, 0) is 11.3 Å². The summed E-state index contributed by atoms with van der Waals surface area (Å²) in [5, 5.41) is 14.1. The van der Waals surface area contributed by atoms with E-state index in [-0.39, 0.29) is 16.7 Å². The lowest BCUT2D eigenvalue weighted by Crippen LogP contribution is -2.18. The number of rotatable bonds is 10. The molecule has 1 aromatic carbocycles. The Kier molecular flexibility index (Phi) is 7.71. The van der Waals surface area contributed by atoms with Gasteiger partial charge in [-0.2, -0.15) is 0 Å². The molecule has 0 spiro atoms. The number of hydrogen-bond donors (Lipinski definition) is 1. The zero-order valence-corrected chi connectivity index (χ0v) is 12.9. The van der Waals surface area contributed by atoms with Gasteiger partial charge in [0.05, 0.1) is 11.0 Å². The molecule has 6 heteroatoms. The van der Waals surface area contributed by atoms with Gasteiger partial charge in [0.25, 0.3) is 5.69 Å². The van der Waals surface area contributed by atoms with Gasteiger partial charge in [0, 0.05) is 44.4 Å². The van der Waals surface area contributed by atoms with Crippen molar-refractivity contribution in [2.75, 3.05) is 20.3 Å². The van der Waals surface area contributed by atoms with Gasteiger partial charge in [0.1, 0.15) is 5.75 Å². The van der Waals surface area contributed by atoms with Gasteiger partial charge in [-0.25, -0.2) is 0 Å². The molecule has 0 aromatic heterocycles. The maximum atomic E-state index is 10.9. The largest absolute Gasteiger partial charge is 0.490 e. The Morgan fingerprint density at radius 2 is 2.19 bits per heavy atom. The summed E-state index contributed by atoms with van der Waals surface area (Å²) in [4.78, 5) is 10.5. The highest BCUT2D eigenvalue weighted by Crippen LogP contribution is 2.25. The van der Waals surface area contributed by atoms with E-state index in [0.29, 0.717) is 18.9 Å². The topological polar surface area (TPSA) is 73.6 Å². The van der Waals surface area contributed by atoms with Gasteiger partial charge in [-0.3, -0.25) is 10.1 Å². The van der Waals surface area contributed by atoms with Crippen molar-refractivity contribution in [1.29, 1.82) is 0 Å². The summed E-state index contributed by atoms with van der Waals surface area (Å²) in [5.74, 6) is 0.688. The normalized spacial score (nSPS) is 12.1. The van der Waals surface area contributed by atoms with E-state index in [1.807, 2.05) is 6.92 Å². The molecule has 1 atom stereocenters. The van der Waals surface area contributed by atoms with Gasteiger partial charge in [0.15, 0.2) is 0 Å². The summed E-state index contributed by atoms with van der Waals surface area (Å²) >= 11 is 0. The Morgan fingerprint density at radius 1 is 1.43 bits per heavy atom. The summed E-state index contributed by atoms with van der Waals surface area (Å²) in [7, 11) is 1.65. The maximum Gasteiger partial charge on any atom is 0.270 e. The summed E-state index contributed by atoms with van der Waals surface area (Å²) in [6.45, 7) is 6.08. The lowest BCUT2D eigenvalue weighted by molar-refractivity contribution is -0.384. The fraction of sp³-hybridized carbons (Fsp3) is 0.600. The predicted octanol–water partition coefficient (Wildman–Crippen LogP) is 2.90. The van der Waals surface area contributed by atoms with Gasteiger partial charge in [-0.05, 0) is 26.0 Å². The molecule has 1 unspecified atom stereocenters. The van der Waals surface area contributed by atoms with Crippen molar-refractivity contribution in [2.45, 2.75) is 39.3 Å². The third-order valence-corrected chi connectivity index (χ3v) is 3.05. The molecule has 1 rings (SSSR count). The molecule has 0 aliphatic rings. The quantitative estimate of drug-likeness (QED) is 0.408. The molecule has 6 nitrogen and oxygen atoms in total. The first-order valence-corrected chi connectivity index (χ1v) is 7.22. The zero-order valence-electron chi connectivity index (χ0n) is 12.9. The standard InChI is InChI=1S/C15H24N2O4/c1-4-8-16-11-13-10-14(17(18)19)5-6-15(13)21-12(2)7-9-20-3/h5-6,10,12,16H,4,7-9,11H2,1-3H3. The highest BCUT2D eigenvalue weighted by atomic mass is 16.6. The molecule has 0 aliphatic carbocycles. The van der Waals surface area contributed by atoms with Crippen molar-refractivity contribution in [3.05, 3.63) is 33.9 Å². The van der Waals surface area contributed by atoms with Gasteiger partial charge in [-0.15, -0.1) is 0 Å². The van der Waals surface area contributed by atoms with Crippen molar-refractivity contribution in [3.63, 3.8) is 0 Å². The van der Waals surface area contributed by atoms with Crippen LogP contribution in [0, 0.1) is 10.1 Å². The van der Waals surface area contributed by atoms with E-state index >= 15 is 0 Å². The lowest BCUT2D eigenvalue weighted by atomic mass is 10.1.